The van der Waals surface area contributed by atoms with E-state index in [9.17, 15) is 14.0 Å². The Kier molecular flexibility index (Phi) is 3.39. The van der Waals surface area contributed by atoms with Crippen molar-refractivity contribution in [1.82, 2.24) is 9.55 Å². The largest absolute Gasteiger partial charge is 0.379 e. The van der Waals surface area contributed by atoms with Gasteiger partial charge in [-0.3, -0.25) is 14.3 Å². The number of H-pyrrole nitrogens is 1. The van der Waals surface area contributed by atoms with Gasteiger partial charge in [0.05, 0.1) is 26.0 Å². The molecule has 0 bridgehead atoms. The fourth-order valence-electron chi connectivity index (χ4n) is 1.75. The summed E-state index contributed by atoms with van der Waals surface area (Å²) in [6.45, 7) is 2.99. The maximum Gasteiger partial charge on any atom is 0.330 e. The van der Waals surface area contributed by atoms with Gasteiger partial charge in [-0.25, -0.2) is 4.79 Å². The van der Waals surface area contributed by atoms with E-state index >= 15 is 0 Å². The molecule has 94 valence electrons. The van der Waals surface area contributed by atoms with E-state index in [-0.39, 0.29) is 5.92 Å². The van der Waals surface area contributed by atoms with E-state index < -0.39 is 23.3 Å². The zero-order chi connectivity index (χ0) is 12.4. The van der Waals surface area contributed by atoms with Gasteiger partial charge < -0.3 is 9.47 Å². The van der Waals surface area contributed by atoms with Crippen molar-refractivity contribution < 1.29 is 13.9 Å². The third-order valence-electron chi connectivity index (χ3n) is 2.58. The van der Waals surface area contributed by atoms with Crippen molar-refractivity contribution in [2.75, 3.05) is 19.8 Å². The van der Waals surface area contributed by atoms with Crippen LogP contribution >= 0.6 is 0 Å². The molecule has 1 aromatic heterocycles. The molecule has 2 heterocycles. The van der Waals surface area contributed by atoms with Gasteiger partial charge >= 0.3 is 5.69 Å². The predicted molar refractivity (Wildman–Crippen MR) is 56.3 cm³/mol. The highest BCUT2D eigenvalue weighted by atomic mass is 19.1. The number of nitrogens with zero attached hydrogens (tertiary/aromatic N) is 1. The Hall–Kier alpha value is -1.47. The van der Waals surface area contributed by atoms with E-state index in [1.165, 1.54) is 0 Å². The van der Waals surface area contributed by atoms with E-state index in [4.69, 9.17) is 9.47 Å². The highest BCUT2D eigenvalue weighted by Gasteiger charge is 2.24. The number of aromatic nitrogens is 2. The second-order valence-electron chi connectivity index (χ2n) is 3.96. The first-order valence-corrected chi connectivity index (χ1v) is 5.30. The summed E-state index contributed by atoms with van der Waals surface area (Å²) in [5, 5.41) is 0. The summed E-state index contributed by atoms with van der Waals surface area (Å²) in [6.07, 6.45) is 0.240. The summed E-state index contributed by atoms with van der Waals surface area (Å²) in [6, 6.07) is 0. The number of ether oxygens (including phenoxy) is 2. The van der Waals surface area contributed by atoms with Gasteiger partial charge in [0, 0.05) is 5.92 Å². The van der Waals surface area contributed by atoms with Crippen LogP contribution in [0.4, 0.5) is 4.39 Å². The topological polar surface area (TPSA) is 73.3 Å². The maximum atomic E-state index is 13.2. The predicted octanol–water partition coefficient (Wildman–Crippen LogP) is -0.143. The summed E-state index contributed by atoms with van der Waals surface area (Å²) in [7, 11) is 0. The van der Waals surface area contributed by atoms with Crippen molar-refractivity contribution in [3.05, 3.63) is 32.9 Å². The van der Waals surface area contributed by atoms with Crippen LogP contribution in [0.3, 0.4) is 0 Å². The molecule has 0 saturated carbocycles. The number of rotatable bonds is 1. The van der Waals surface area contributed by atoms with E-state index in [2.05, 4.69) is 0 Å². The van der Waals surface area contributed by atoms with Crippen LogP contribution < -0.4 is 11.2 Å². The van der Waals surface area contributed by atoms with E-state index in [0.717, 1.165) is 10.8 Å². The van der Waals surface area contributed by atoms with Crippen molar-refractivity contribution in [2.24, 2.45) is 5.92 Å². The highest BCUT2D eigenvalue weighted by Crippen LogP contribution is 2.20. The van der Waals surface area contributed by atoms with Gasteiger partial charge in [-0.05, 0) is 0 Å². The normalized spacial score (nSPS) is 25.5. The molecule has 1 aromatic rings. The summed E-state index contributed by atoms with van der Waals surface area (Å²) >= 11 is 0. The van der Waals surface area contributed by atoms with Crippen LogP contribution in [0.5, 0.6) is 0 Å². The Bertz CT molecular complexity index is 510. The smallest absolute Gasteiger partial charge is 0.330 e. The Morgan fingerprint density at radius 3 is 3.00 bits per heavy atom. The molecule has 17 heavy (non-hydrogen) atoms. The number of nitrogens with one attached hydrogen (secondary N) is 1. The number of halogens is 1. The second kappa shape index (κ2) is 4.80. The Labute approximate surface area is 96.0 Å². The second-order valence-corrected chi connectivity index (χ2v) is 3.96. The van der Waals surface area contributed by atoms with Crippen molar-refractivity contribution in [3.8, 4) is 0 Å². The highest BCUT2D eigenvalue weighted by molar-refractivity contribution is 4.89. The molecule has 1 fully saturated rings. The monoisotopic (exact) mass is 244 g/mol. The fraction of sp³-hybridized carbons (Fsp3) is 0.600. The molecule has 1 saturated heterocycles. The lowest BCUT2D eigenvalue weighted by Crippen LogP contribution is -2.37. The van der Waals surface area contributed by atoms with Crippen LogP contribution in [0.2, 0.25) is 0 Å². The SMILES string of the molecule is C[C@@H]1COCCO[C@H]1n1cc(F)c(=O)[nH]c1=O. The molecule has 0 unspecified atom stereocenters. The zero-order valence-corrected chi connectivity index (χ0v) is 9.31. The van der Waals surface area contributed by atoms with Gasteiger partial charge in [-0.1, -0.05) is 6.92 Å². The van der Waals surface area contributed by atoms with Crippen molar-refractivity contribution >= 4 is 0 Å². The summed E-state index contributed by atoms with van der Waals surface area (Å²) in [5.74, 6) is -1.12. The van der Waals surface area contributed by atoms with Crippen molar-refractivity contribution in [2.45, 2.75) is 13.2 Å². The molecule has 0 spiro atoms. The molecule has 0 aliphatic carbocycles. The lowest BCUT2D eigenvalue weighted by Gasteiger charge is -2.22. The van der Waals surface area contributed by atoms with Crippen LogP contribution in [0.1, 0.15) is 13.2 Å². The number of hydrogen-bond acceptors (Lipinski definition) is 4. The molecule has 2 rings (SSSR count). The van der Waals surface area contributed by atoms with Gasteiger partial charge in [0.2, 0.25) is 5.82 Å². The van der Waals surface area contributed by atoms with E-state index in [1.807, 2.05) is 11.9 Å². The van der Waals surface area contributed by atoms with Gasteiger partial charge in [0.15, 0.2) is 0 Å². The third kappa shape index (κ3) is 2.45. The molecule has 2 atom stereocenters. The molecule has 1 N–H and O–H groups in total. The quantitative estimate of drug-likeness (QED) is 0.746. The Morgan fingerprint density at radius 2 is 2.24 bits per heavy atom. The molecule has 0 amide bonds. The molecule has 1 aliphatic heterocycles. The Balaban J connectivity index is 2.41. The standard InChI is InChI=1S/C10H13FN2O4/c1-6-5-16-2-3-17-9(6)13-4-7(11)8(14)12-10(13)15/h4,6,9H,2-3,5H2,1H3,(H,12,14,15)/t6-,9-/m1/s1. The number of aromatic amines is 1. The zero-order valence-electron chi connectivity index (χ0n) is 9.31. The van der Waals surface area contributed by atoms with Gasteiger partial charge in [-0.15, -0.1) is 0 Å². The van der Waals surface area contributed by atoms with Gasteiger partial charge in [-0.2, -0.15) is 4.39 Å². The lowest BCUT2D eigenvalue weighted by atomic mass is 10.1. The summed E-state index contributed by atoms with van der Waals surface area (Å²) in [5.41, 5.74) is -1.71. The Morgan fingerprint density at radius 1 is 1.47 bits per heavy atom. The van der Waals surface area contributed by atoms with Crippen LogP contribution in [-0.2, 0) is 9.47 Å². The van der Waals surface area contributed by atoms with Gasteiger partial charge in [0.25, 0.3) is 5.56 Å². The summed E-state index contributed by atoms with van der Waals surface area (Å²) in [4.78, 5) is 24.4. The average molecular weight is 244 g/mol. The minimum absolute atomic E-state index is 0.111. The minimum atomic E-state index is -1.02. The van der Waals surface area contributed by atoms with E-state index in [0.29, 0.717) is 19.8 Å². The molecule has 1 aliphatic rings. The first-order valence-electron chi connectivity index (χ1n) is 5.30. The molecular weight excluding hydrogens is 231 g/mol. The minimum Gasteiger partial charge on any atom is -0.379 e. The van der Waals surface area contributed by atoms with Crippen LogP contribution in [-0.4, -0.2) is 29.4 Å². The summed E-state index contributed by atoms with van der Waals surface area (Å²) < 4.78 is 24.9. The number of hydrogen-bond donors (Lipinski definition) is 1. The first-order chi connectivity index (χ1) is 8.09. The first kappa shape index (κ1) is 12.0. The van der Waals surface area contributed by atoms with Gasteiger partial charge in [0.1, 0.15) is 6.23 Å². The molecular formula is C10H13FN2O4. The fourth-order valence-corrected chi connectivity index (χ4v) is 1.75. The third-order valence-corrected chi connectivity index (χ3v) is 2.58. The molecule has 0 radical (unpaired) electrons. The van der Waals surface area contributed by atoms with Crippen molar-refractivity contribution in [3.63, 3.8) is 0 Å². The van der Waals surface area contributed by atoms with Crippen LogP contribution in [0, 0.1) is 11.7 Å². The van der Waals surface area contributed by atoms with Crippen LogP contribution in [0.25, 0.3) is 0 Å². The maximum absolute atomic E-state index is 13.2. The molecule has 7 heteroatoms. The van der Waals surface area contributed by atoms with Crippen molar-refractivity contribution in [1.29, 1.82) is 0 Å². The van der Waals surface area contributed by atoms with Crippen LogP contribution in [0.15, 0.2) is 15.8 Å². The lowest BCUT2D eigenvalue weighted by molar-refractivity contribution is -0.0209. The molecule has 6 nitrogen and oxygen atoms in total. The average Bonchev–Trinajstić information content (AvgIpc) is 2.49. The van der Waals surface area contributed by atoms with E-state index in [1.54, 1.807) is 0 Å². The molecule has 0 aromatic carbocycles.